The number of aromatic amines is 1. The van der Waals surface area contributed by atoms with E-state index in [1.165, 1.54) is 0 Å². The van der Waals surface area contributed by atoms with Gasteiger partial charge in [-0.25, -0.2) is 0 Å². The highest BCUT2D eigenvalue weighted by Gasteiger charge is 2.29. The molecule has 0 saturated carbocycles. The molecule has 2 aromatic heterocycles. The maximum Gasteiger partial charge on any atom is 0.323 e. The molecule has 0 amide bonds. The summed E-state index contributed by atoms with van der Waals surface area (Å²) >= 11 is 0. The van der Waals surface area contributed by atoms with Crippen LogP contribution < -0.4 is 5.32 Å². The first-order chi connectivity index (χ1) is 13.8. The van der Waals surface area contributed by atoms with Gasteiger partial charge in [-0.15, -0.1) is 0 Å². The normalized spacial score (nSPS) is 16.6. The van der Waals surface area contributed by atoms with E-state index in [0.717, 1.165) is 11.3 Å². The van der Waals surface area contributed by atoms with Gasteiger partial charge in [0.1, 0.15) is 24.5 Å². The molecule has 1 aliphatic heterocycles. The van der Waals surface area contributed by atoms with Crippen molar-refractivity contribution in [3.8, 4) is 12.1 Å². The topological polar surface area (TPSA) is 130 Å². The lowest BCUT2D eigenvalue weighted by Gasteiger charge is -2.16. The van der Waals surface area contributed by atoms with Crippen LogP contribution in [0.25, 0.3) is 5.57 Å². The SMILES string of the molecule is CN=C1NC(=C(c2[nH]c(C)c(C#N)c2C)c2cccn2CC(=O)O)C(C)=C1C#N. The molecule has 3 heterocycles. The van der Waals surface area contributed by atoms with Crippen molar-refractivity contribution in [3.05, 3.63) is 63.4 Å². The monoisotopic (exact) mass is 388 g/mol. The van der Waals surface area contributed by atoms with Crippen LogP contribution in [0.1, 0.15) is 35.1 Å². The van der Waals surface area contributed by atoms with Gasteiger partial charge >= 0.3 is 5.97 Å². The quantitative estimate of drug-likeness (QED) is 0.741. The van der Waals surface area contributed by atoms with Gasteiger partial charge in [0.15, 0.2) is 0 Å². The summed E-state index contributed by atoms with van der Waals surface area (Å²) in [5, 5.41) is 31.6. The van der Waals surface area contributed by atoms with Crippen LogP contribution in [0.4, 0.5) is 0 Å². The number of carbonyl (C=O) groups is 1. The number of allylic oxidation sites excluding steroid dienone is 1. The minimum absolute atomic E-state index is 0.217. The Morgan fingerprint density at radius 3 is 2.52 bits per heavy atom. The van der Waals surface area contributed by atoms with Crippen molar-refractivity contribution in [2.75, 3.05) is 7.05 Å². The van der Waals surface area contributed by atoms with Gasteiger partial charge in [-0.3, -0.25) is 9.79 Å². The molecule has 8 heteroatoms. The molecule has 146 valence electrons. The summed E-state index contributed by atoms with van der Waals surface area (Å²) in [4.78, 5) is 18.8. The smallest absolute Gasteiger partial charge is 0.323 e. The summed E-state index contributed by atoms with van der Waals surface area (Å²) in [5.74, 6) is -0.514. The first-order valence-electron chi connectivity index (χ1n) is 8.90. The third-order valence-electron chi connectivity index (χ3n) is 5.01. The van der Waals surface area contributed by atoms with E-state index in [4.69, 9.17) is 0 Å². The van der Waals surface area contributed by atoms with Crippen molar-refractivity contribution < 1.29 is 9.90 Å². The number of nitrogens with zero attached hydrogens (tertiary/aromatic N) is 4. The summed E-state index contributed by atoms with van der Waals surface area (Å²) in [6.45, 7) is 5.26. The first kappa shape index (κ1) is 19.7. The van der Waals surface area contributed by atoms with Crippen molar-refractivity contribution in [3.63, 3.8) is 0 Å². The van der Waals surface area contributed by atoms with E-state index in [0.29, 0.717) is 45.2 Å². The number of carboxylic acids is 1. The number of H-pyrrole nitrogens is 1. The van der Waals surface area contributed by atoms with Gasteiger partial charge in [0.05, 0.1) is 28.2 Å². The second-order valence-corrected chi connectivity index (χ2v) is 6.71. The Hall–Kier alpha value is -4.04. The number of carboxylic acid groups (broad SMARTS) is 1. The highest BCUT2D eigenvalue weighted by atomic mass is 16.4. The van der Waals surface area contributed by atoms with E-state index in [1.54, 1.807) is 23.9 Å². The Kier molecular flexibility index (Phi) is 5.12. The van der Waals surface area contributed by atoms with Crippen molar-refractivity contribution in [2.45, 2.75) is 27.3 Å². The van der Waals surface area contributed by atoms with Crippen LogP contribution >= 0.6 is 0 Å². The number of aliphatic carboxylic acids is 1. The zero-order valence-corrected chi connectivity index (χ0v) is 16.6. The van der Waals surface area contributed by atoms with Crippen LogP contribution in [0.3, 0.4) is 0 Å². The number of hydrogen-bond acceptors (Lipinski definition) is 4. The fraction of sp³-hybridized carbons (Fsp3) is 0.238. The number of aryl methyl sites for hydroxylation is 1. The van der Waals surface area contributed by atoms with Gasteiger partial charge in [-0.2, -0.15) is 10.5 Å². The summed E-state index contributed by atoms with van der Waals surface area (Å²) in [5.41, 5.74) is 5.83. The van der Waals surface area contributed by atoms with Gasteiger partial charge in [-0.05, 0) is 44.0 Å². The van der Waals surface area contributed by atoms with E-state index >= 15 is 0 Å². The number of nitrogens with one attached hydrogen (secondary N) is 2. The molecule has 8 nitrogen and oxygen atoms in total. The zero-order valence-electron chi connectivity index (χ0n) is 16.6. The minimum Gasteiger partial charge on any atom is -0.480 e. The van der Waals surface area contributed by atoms with Crippen molar-refractivity contribution in [1.29, 1.82) is 10.5 Å². The van der Waals surface area contributed by atoms with Gasteiger partial charge in [0, 0.05) is 24.5 Å². The highest BCUT2D eigenvalue weighted by molar-refractivity contribution is 6.09. The molecule has 0 fully saturated rings. The molecular weight excluding hydrogens is 368 g/mol. The first-order valence-corrected chi connectivity index (χ1v) is 8.90. The highest BCUT2D eigenvalue weighted by Crippen LogP contribution is 2.36. The van der Waals surface area contributed by atoms with Crippen LogP contribution in [0.5, 0.6) is 0 Å². The number of amidine groups is 1. The fourth-order valence-corrected chi connectivity index (χ4v) is 3.61. The second kappa shape index (κ2) is 7.53. The van der Waals surface area contributed by atoms with Crippen LogP contribution in [-0.4, -0.2) is 33.5 Å². The van der Waals surface area contributed by atoms with Crippen LogP contribution in [0, 0.1) is 36.5 Å². The Balaban J connectivity index is 2.39. The zero-order chi connectivity index (χ0) is 21.3. The number of hydrogen-bond donors (Lipinski definition) is 3. The standard InChI is InChI=1S/C21H20N6O2/c1-11-14(8-22)13(3)25-19(11)18(16-6-5-7-27(16)10-17(28)29)20-12(2)15(9-23)21(24-4)26-20/h5-7,25H,10H2,1-4H3,(H,24,26)(H,28,29). The van der Waals surface area contributed by atoms with Gasteiger partial charge in [-0.1, -0.05) is 0 Å². The number of aliphatic imine (C=N–C) groups is 1. The summed E-state index contributed by atoms with van der Waals surface area (Å²) in [6.07, 6.45) is 1.69. The molecule has 2 aromatic rings. The molecule has 0 aromatic carbocycles. The summed E-state index contributed by atoms with van der Waals surface area (Å²) in [6, 6.07) is 7.97. The lowest BCUT2D eigenvalue weighted by atomic mass is 9.98. The van der Waals surface area contributed by atoms with E-state index in [-0.39, 0.29) is 6.54 Å². The van der Waals surface area contributed by atoms with Gasteiger partial charge in [0.25, 0.3) is 0 Å². The van der Waals surface area contributed by atoms with E-state index < -0.39 is 5.97 Å². The van der Waals surface area contributed by atoms with Crippen LogP contribution in [0.2, 0.25) is 0 Å². The second-order valence-electron chi connectivity index (χ2n) is 6.71. The molecule has 1 aliphatic rings. The number of rotatable bonds is 4. The minimum atomic E-state index is -0.968. The lowest BCUT2D eigenvalue weighted by molar-refractivity contribution is -0.137. The van der Waals surface area contributed by atoms with Crippen molar-refractivity contribution in [2.24, 2.45) is 4.99 Å². The van der Waals surface area contributed by atoms with E-state index in [2.05, 4.69) is 27.4 Å². The van der Waals surface area contributed by atoms with Crippen LogP contribution in [-0.2, 0) is 11.3 Å². The van der Waals surface area contributed by atoms with Crippen LogP contribution in [0.15, 0.2) is 40.2 Å². The van der Waals surface area contributed by atoms with Crippen molar-refractivity contribution >= 4 is 17.4 Å². The molecule has 0 aliphatic carbocycles. The maximum atomic E-state index is 11.4. The Labute approximate surface area is 168 Å². The molecule has 0 unspecified atom stereocenters. The predicted molar refractivity (Wildman–Crippen MR) is 108 cm³/mol. The molecule has 0 saturated heterocycles. The molecule has 0 spiro atoms. The average Bonchev–Trinajstić information content (AvgIpc) is 3.33. The molecule has 0 bridgehead atoms. The Morgan fingerprint density at radius 1 is 1.28 bits per heavy atom. The average molecular weight is 388 g/mol. The summed E-state index contributed by atoms with van der Waals surface area (Å²) < 4.78 is 1.62. The maximum absolute atomic E-state index is 11.4. The summed E-state index contributed by atoms with van der Waals surface area (Å²) in [7, 11) is 1.60. The number of aromatic nitrogens is 2. The van der Waals surface area contributed by atoms with E-state index in [1.807, 2.05) is 26.8 Å². The van der Waals surface area contributed by atoms with E-state index in [9.17, 15) is 20.4 Å². The Bertz CT molecular complexity index is 1190. The van der Waals surface area contributed by atoms with Crippen molar-refractivity contribution in [1.82, 2.24) is 14.9 Å². The largest absolute Gasteiger partial charge is 0.480 e. The van der Waals surface area contributed by atoms with Gasteiger partial charge < -0.3 is 20.0 Å². The third-order valence-corrected chi connectivity index (χ3v) is 5.01. The number of nitriles is 2. The molecule has 0 radical (unpaired) electrons. The fourth-order valence-electron chi connectivity index (χ4n) is 3.61. The molecule has 3 rings (SSSR count). The molecule has 0 atom stereocenters. The molecule has 3 N–H and O–H groups in total. The van der Waals surface area contributed by atoms with Gasteiger partial charge in [0.2, 0.25) is 0 Å². The predicted octanol–water partition coefficient (Wildman–Crippen LogP) is 2.62. The Morgan fingerprint density at radius 2 is 2.00 bits per heavy atom. The molecular formula is C21H20N6O2. The third kappa shape index (κ3) is 3.21. The lowest BCUT2D eigenvalue weighted by Crippen LogP contribution is -2.19. The molecule has 29 heavy (non-hydrogen) atoms.